The molecule has 2 fully saturated rings. The van der Waals surface area contributed by atoms with Crippen LogP contribution in [0.4, 0.5) is 0 Å². The summed E-state index contributed by atoms with van der Waals surface area (Å²) in [7, 11) is 0. The van der Waals surface area contributed by atoms with E-state index in [1.165, 1.54) is 0 Å². The summed E-state index contributed by atoms with van der Waals surface area (Å²) in [6.45, 7) is 10.1. The van der Waals surface area contributed by atoms with Crippen LogP contribution >= 0.6 is 0 Å². The zero-order chi connectivity index (χ0) is 23.6. The lowest BCUT2D eigenvalue weighted by Gasteiger charge is -2.40. The minimum atomic E-state index is -0.427. The van der Waals surface area contributed by atoms with Crippen LogP contribution in [0.5, 0.6) is 0 Å². The summed E-state index contributed by atoms with van der Waals surface area (Å²) in [6.07, 6.45) is 3.77. The number of amides is 2. The number of hydrogen-bond acceptors (Lipinski definition) is 4. The van der Waals surface area contributed by atoms with Gasteiger partial charge in [-0.3, -0.25) is 14.6 Å². The van der Waals surface area contributed by atoms with Gasteiger partial charge in [-0.2, -0.15) is 0 Å². The summed E-state index contributed by atoms with van der Waals surface area (Å²) in [5, 5.41) is 0. The quantitative estimate of drug-likeness (QED) is 0.682. The topological polar surface area (TPSA) is 62.7 Å². The Morgan fingerprint density at radius 2 is 1.70 bits per heavy atom. The van der Waals surface area contributed by atoms with Crippen LogP contribution in [0.1, 0.15) is 63.0 Å². The second kappa shape index (κ2) is 9.26. The number of pyridine rings is 1. The van der Waals surface area contributed by atoms with Gasteiger partial charge >= 0.3 is 0 Å². The first-order valence-electron chi connectivity index (χ1n) is 11.9. The lowest BCUT2D eigenvalue weighted by atomic mass is 9.89. The molecule has 0 aliphatic carbocycles. The van der Waals surface area contributed by atoms with Gasteiger partial charge in [0.15, 0.2) is 0 Å². The van der Waals surface area contributed by atoms with Gasteiger partial charge in [-0.15, -0.1) is 0 Å². The number of carbonyl (C=O) groups is 2. The van der Waals surface area contributed by atoms with Crippen LogP contribution < -0.4 is 0 Å². The van der Waals surface area contributed by atoms with Crippen LogP contribution in [0.15, 0.2) is 54.7 Å². The minimum Gasteiger partial charge on any atom is -0.367 e. The van der Waals surface area contributed by atoms with Crippen molar-refractivity contribution in [2.24, 2.45) is 5.92 Å². The standard InChI is InChI=1S/C27H35N3O3/c1-26(2)18-23(27(3,4)33-26)30(19-20-10-6-5-7-11-20)24(31)21-13-16-29(17-14-21)25(32)22-12-8-9-15-28-22/h5-12,15,21,23H,13-14,16-19H2,1-4H3. The van der Waals surface area contributed by atoms with E-state index in [0.717, 1.165) is 12.0 Å². The SMILES string of the molecule is CC1(C)CC(N(Cc2ccccc2)C(=O)C2CCN(C(=O)c3ccccn3)CC2)C(C)(C)O1. The molecule has 1 aromatic heterocycles. The lowest BCUT2D eigenvalue weighted by Crippen LogP contribution is -2.52. The zero-order valence-corrected chi connectivity index (χ0v) is 20.2. The Morgan fingerprint density at radius 3 is 2.27 bits per heavy atom. The van der Waals surface area contributed by atoms with E-state index in [1.807, 2.05) is 34.1 Å². The van der Waals surface area contributed by atoms with Gasteiger partial charge in [0.2, 0.25) is 5.91 Å². The Labute approximate surface area is 196 Å². The highest BCUT2D eigenvalue weighted by molar-refractivity contribution is 5.92. The summed E-state index contributed by atoms with van der Waals surface area (Å²) in [5.74, 6) is 0.0129. The van der Waals surface area contributed by atoms with E-state index in [9.17, 15) is 9.59 Å². The summed E-state index contributed by atoms with van der Waals surface area (Å²) < 4.78 is 6.35. The predicted octanol–water partition coefficient (Wildman–Crippen LogP) is 4.31. The van der Waals surface area contributed by atoms with Crippen LogP contribution in [0.3, 0.4) is 0 Å². The Balaban J connectivity index is 1.49. The highest BCUT2D eigenvalue weighted by Crippen LogP contribution is 2.41. The highest BCUT2D eigenvalue weighted by Gasteiger charge is 2.50. The van der Waals surface area contributed by atoms with Gasteiger partial charge in [0.25, 0.3) is 5.91 Å². The molecule has 1 aromatic carbocycles. The second-order valence-electron chi connectivity index (χ2n) is 10.4. The van der Waals surface area contributed by atoms with Crippen molar-refractivity contribution >= 4 is 11.8 Å². The number of nitrogens with zero attached hydrogens (tertiary/aromatic N) is 3. The van der Waals surface area contributed by atoms with Gasteiger partial charge in [-0.05, 0) is 64.7 Å². The molecule has 0 bridgehead atoms. The fraction of sp³-hybridized carbons (Fsp3) is 0.519. The first-order chi connectivity index (χ1) is 15.7. The third-order valence-electron chi connectivity index (χ3n) is 6.90. The number of carbonyl (C=O) groups excluding carboxylic acids is 2. The molecule has 2 amide bonds. The molecule has 4 rings (SSSR count). The van der Waals surface area contributed by atoms with Crippen LogP contribution in [-0.2, 0) is 16.1 Å². The summed E-state index contributed by atoms with van der Waals surface area (Å²) in [4.78, 5) is 34.7. The first-order valence-corrected chi connectivity index (χ1v) is 11.9. The van der Waals surface area contributed by atoms with Crippen LogP contribution in [0.25, 0.3) is 0 Å². The smallest absolute Gasteiger partial charge is 0.272 e. The molecule has 33 heavy (non-hydrogen) atoms. The molecule has 2 aliphatic heterocycles. The molecule has 6 nitrogen and oxygen atoms in total. The van der Waals surface area contributed by atoms with Gasteiger partial charge < -0.3 is 14.5 Å². The molecule has 1 unspecified atom stereocenters. The number of hydrogen-bond donors (Lipinski definition) is 0. The fourth-order valence-electron chi connectivity index (χ4n) is 5.36. The van der Waals surface area contributed by atoms with Gasteiger partial charge in [-0.1, -0.05) is 36.4 Å². The molecule has 0 radical (unpaired) electrons. The largest absolute Gasteiger partial charge is 0.367 e. The van der Waals surface area contributed by atoms with Crippen LogP contribution in [0, 0.1) is 5.92 Å². The van der Waals surface area contributed by atoms with Gasteiger partial charge in [-0.25, -0.2) is 0 Å². The van der Waals surface area contributed by atoms with Crippen molar-refractivity contribution < 1.29 is 14.3 Å². The first kappa shape index (κ1) is 23.4. The van der Waals surface area contributed by atoms with Gasteiger partial charge in [0, 0.05) is 31.7 Å². The Hall–Kier alpha value is -2.73. The maximum absolute atomic E-state index is 13.9. The van der Waals surface area contributed by atoms with Crippen molar-refractivity contribution in [3.63, 3.8) is 0 Å². The Morgan fingerprint density at radius 1 is 1.03 bits per heavy atom. The van der Waals surface area contributed by atoms with Gasteiger partial charge in [0.1, 0.15) is 5.69 Å². The highest BCUT2D eigenvalue weighted by atomic mass is 16.5. The number of benzene rings is 1. The zero-order valence-electron chi connectivity index (χ0n) is 20.2. The molecule has 0 saturated carbocycles. The molecule has 2 aliphatic rings. The second-order valence-corrected chi connectivity index (χ2v) is 10.4. The van der Waals surface area contributed by atoms with E-state index in [4.69, 9.17) is 4.74 Å². The van der Waals surface area contributed by atoms with E-state index in [2.05, 4.69) is 44.8 Å². The summed E-state index contributed by atoms with van der Waals surface area (Å²) in [5.41, 5.74) is 0.875. The van der Waals surface area contributed by atoms with Crippen LogP contribution in [0.2, 0.25) is 0 Å². The molecule has 2 saturated heterocycles. The van der Waals surface area contributed by atoms with Crippen molar-refractivity contribution in [1.82, 2.24) is 14.8 Å². The van der Waals surface area contributed by atoms with E-state index in [-0.39, 0.29) is 29.4 Å². The minimum absolute atomic E-state index is 0.00612. The lowest BCUT2D eigenvalue weighted by molar-refractivity contribution is -0.145. The average molecular weight is 450 g/mol. The third kappa shape index (κ3) is 5.27. The van der Waals surface area contributed by atoms with Crippen molar-refractivity contribution in [3.8, 4) is 0 Å². The molecule has 0 N–H and O–H groups in total. The van der Waals surface area contributed by atoms with E-state index >= 15 is 0 Å². The third-order valence-corrected chi connectivity index (χ3v) is 6.90. The summed E-state index contributed by atoms with van der Waals surface area (Å²) in [6, 6.07) is 15.5. The summed E-state index contributed by atoms with van der Waals surface area (Å²) >= 11 is 0. The van der Waals surface area contributed by atoms with E-state index < -0.39 is 5.60 Å². The van der Waals surface area contributed by atoms with Crippen molar-refractivity contribution in [2.45, 2.75) is 70.7 Å². The predicted molar refractivity (Wildman–Crippen MR) is 128 cm³/mol. The number of aromatic nitrogens is 1. The molecular weight excluding hydrogens is 414 g/mol. The molecule has 1 atom stereocenters. The fourth-order valence-corrected chi connectivity index (χ4v) is 5.36. The normalized spacial score (nSPS) is 22.2. The van der Waals surface area contributed by atoms with Crippen molar-refractivity contribution in [1.29, 1.82) is 0 Å². The molecule has 176 valence electrons. The number of ether oxygens (including phenoxy) is 1. The Bertz CT molecular complexity index is 967. The monoisotopic (exact) mass is 449 g/mol. The molecule has 0 spiro atoms. The number of piperidine rings is 1. The average Bonchev–Trinajstić information content (AvgIpc) is 3.04. The van der Waals surface area contributed by atoms with Gasteiger partial charge in [0.05, 0.1) is 17.2 Å². The van der Waals surface area contributed by atoms with Crippen molar-refractivity contribution in [3.05, 3.63) is 66.0 Å². The van der Waals surface area contributed by atoms with E-state index in [0.29, 0.717) is 38.2 Å². The molecule has 2 aromatic rings. The number of rotatable bonds is 5. The van der Waals surface area contributed by atoms with E-state index in [1.54, 1.807) is 18.3 Å². The molecule has 3 heterocycles. The van der Waals surface area contributed by atoms with Crippen LogP contribution in [-0.4, -0.2) is 56.9 Å². The molecular formula is C27H35N3O3. The van der Waals surface area contributed by atoms with Crippen molar-refractivity contribution in [2.75, 3.05) is 13.1 Å². The number of likely N-dealkylation sites (tertiary alicyclic amines) is 1. The maximum atomic E-state index is 13.9. The Kier molecular flexibility index (Phi) is 6.57. The maximum Gasteiger partial charge on any atom is 0.272 e. The molecule has 6 heteroatoms.